The molecule has 0 atom stereocenters. The molecule has 19 heavy (non-hydrogen) atoms. The van der Waals surface area contributed by atoms with E-state index >= 15 is 0 Å². The van der Waals surface area contributed by atoms with Crippen LogP contribution in [-0.2, 0) is 14.2 Å². The van der Waals surface area contributed by atoms with E-state index in [0.29, 0.717) is 32.5 Å². The first-order valence-electron chi connectivity index (χ1n) is 7.27. The highest BCUT2D eigenvalue weighted by Crippen LogP contribution is 2.22. The largest absolute Gasteiger partial charge is 0.377 e. The van der Waals surface area contributed by atoms with E-state index in [9.17, 15) is 0 Å². The summed E-state index contributed by atoms with van der Waals surface area (Å²) in [6.45, 7) is 17.6. The van der Waals surface area contributed by atoms with Gasteiger partial charge in [-0.25, -0.2) is 0 Å². The summed E-state index contributed by atoms with van der Waals surface area (Å²) in [5.74, 6) is 0. The molecule has 0 aromatic carbocycles. The van der Waals surface area contributed by atoms with E-state index in [1.165, 1.54) is 0 Å². The van der Waals surface area contributed by atoms with Crippen LogP contribution in [-0.4, -0.2) is 61.7 Å². The third kappa shape index (κ3) is 7.25. The number of hydrogen-bond donors (Lipinski definition) is 0. The molecule has 4 nitrogen and oxygen atoms in total. The summed E-state index contributed by atoms with van der Waals surface area (Å²) < 4.78 is 16.8. The van der Waals surface area contributed by atoms with E-state index in [-0.39, 0.29) is 11.1 Å². The molecule has 0 aromatic rings. The Hall–Kier alpha value is -0.160. The van der Waals surface area contributed by atoms with Crippen LogP contribution in [0.25, 0.3) is 0 Å². The molecule has 1 rings (SSSR count). The molecule has 1 aliphatic heterocycles. The van der Waals surface area contributed by atoms with Crippen LogP contribution in [0.1, 0.15) is 41.5 Å². The van der Waals surface area contributed by atoms with Crippen molar-refractivity contribution in [2.24, 2.45) is 0 Å². The van der Waals surface area contributed by atoms with Crippen LogP contribution in [0.5, 0.6) is 0 Å². The zero-order valence-corrected chi connectivity index (χ0v) is 13.5. The molecule has 114 valence electrons. The van der Waals surface area contributed by atoms with Gasteiger partial charge in [0.1, 0.15) is 0 Å². The van der Waals surface area contributed by atoms with Crippen molar-refractivity contribution in [3.8, 4) is 0 Å². The van der Waals surface area contributed by atoms with Crippen molar-refractivity contribution in [2.45, 2.75) is 58.8 Å². The van der Waals surface area contributed by atoms with Gasteiger partial charge >= 0.3 is 0 Å². The molecule has 0 amide bonds. The Morgan fingerprint density at radius 1 is 0.895 bits per heavy atom. The maximum atomic E-state index is 5.74. The predicted octanol–water partition coefficient (Wildman–Crippen LogP) is 2.32. The first kappa shape index (κ1) is 16.9. The topological polar surface area (TPSA) is 30.9 Å². The maximum absolute atomic E-state index is 5.74. The van der Waals surface area contributed by atoms with Gasteiger partial charge in [-0.2, -0.15) is 0 Å². The van der Waals surface area contributed by atoms with E-state index in [1.54, 1.807) is 0 Å². The molecule has 4 heteroatoms. The second-order valence-electron chi connectivity index (χ2n) is 7.14. The van der Waals surface area contributed by atoms with E-state index in [2.05, 4.69) is 25.7 Å². The van der Waals surface area contributed by atoms with Crippen molar-refractivity contribution in [2.75, 3.05) is 39.5 Å². The molecule has 0 N–H and O–H groups in total. The number of ether oxygens (including phenoxy) is 3. The number of hydrogen-bond acceptors (Lipinski definition) is 4. The van der Waals surface area contributed by atoms with Crippen LogP contribution in [0.3, 0.4) is 0 Å². The molecule has 0 spiro atoms. The van der Waals surface area contributed by atoms with Crippen LogP contribution in [0.15, 0.2) is 0 Å². The van der Waals surface area contributed by atoms with Crippen molar-refractivity contribution in [3.05, 3.63) is 0 Å². The van der Waals surface area contributed by atoms with Gasteiger partial charge in [0.25, 0.3) is 0 Å². The molecule has 0 radical (unpaired) electrons. The Balaban J connectivity index is 1.88. The van der Waals surface area contributed by atoms with Gasteiger partial charge in [-0.05, 0) is 41.5 Å². The van der Waals surface area contributed by atoms with Gasteiger partial charge in [-0.1, -0.05) is 0 Å². The van der Waals surface area contributed by atoms with Crippen molar-refractivity contribution in [1.82, 2.24) is 4.90 Å². The zero-order chi connectivity index (χ0) is 14.5. The maximum Gasteiger partial charge on any atom is 0.0830 e. The molecule has 0 bridgehead atoms. The first-order chi connectivity index (χ1) is 8.68. The molecule has 1 heterocycles. The van der Waals surface area contributed by atoms with Crippen molar-refractivity contribution >= 4 is 0 Å². The lowest BCUT2D eigenvalue weighted by Crippen LogP contribution is -2.59. The molecular formula is C15H31NO3. The highest BCUT2D eigenvalue weighted by atomic mass is 16.6. The summed E-state index contributed by atoms with van der Waals surface area (Å²) in [5, 5.41) is 0. The Bertz CT molecular complexity index is 249. The van der Waals surface area contributed by atoms with Gasteiger partial charge < -0.3 is 14.2 Å². The van der Waals surface area contributed by atoms with Crippen LogP contribution < -0.4 is 0 Å². The molecule has 0 aromatic heterocycles. The minimum absolute atomic E-state index is 0.0811. The van der Waals surface area contributed by atoms with Gasteiger partial charge in [0, 0.05) is 18.6 Å². The van der Waals surface area contributed by atoms with Crippen molar-refractivity contribution in [3.63, 3.8) is 0 Å². The minimum atomic E-state index is -0.0811. The SMILES string of the molecule is CC(C)(C)OCCOCCOC1CN(C(C)(C)C)C1. The third-order valence-corrected chi connectivity index (χ3v) is 3.14. The zero-order valence-electron chi connectivity index (χ0n) is 13.5. The summed E-state index contributed by atoms with van der Waals surface area (Å²) in [5.41, 5.74) is 0.183. The molecule has 0 unspecified atom stereocenters. The van der Waals surface area contributed by atoms with E-state index in [1.807, 2.05) is 20.8 Å². The predicted molar refractivity (Wildman–Crippen MR) is 77.6 cm³/mol. The van der Waals surface area contributed by atoms with Crippen LogP contribution in [0, 0.1) is 0 Å². The Kier molecular flexibility index (Phi) is 6.24. The fourth-order valence-corrected chi connectivity index (χ4v) is 1.87. The lowest BCUT2D eigenvalue weighted by molar-refractivity contribution is -0.103. The normalized spacial score (nSPS) is 18.6. The molecule has 0 saturated carbocycles. The van der Waals surface area contributed by atoms with Crippen LogP contribution in [0.4, 0.5) is 0 Å². The molecule has 1 aliphatic rings. The van der Waals surface area contributed by atoms with Crippen LogP contribution >= 0.6 is 0 Å². The van der Waals surface area contributed by atoms with Gasteiger partial charge in [0.15, 0.2) is 0 Å². The summed E-state index contributed by atoms with van der Waals surface area (Å²) in [7, 11) is 0. The molecule has 1 saturated heterocycles. The highest BCUT2D eigenvalue weighted by Gasteiger charge is 2.34. The van der Waals surface area contributed by atoms with E-state index in [0.717, 1.165) is 13.1 Å². The average molecular weight is 273 g/mol. The van der Waals surface area contributed by atoms with Gasteiger partial charge in [-0.3, -0.25) is 4.90 Å². The fourth-order valence-electron chi connectivity index (χ4n) is 1.87. The number of likely N-dealkylation sites (tertiary alicyclic amines) is 1. The Labute approximate surface area is 118 Å². The quantitative estimate of drug-likeness (QED) is 0.666. The highest BCUT2D eigenvalue weighted by molar-refractivity contribution is 4.89. The lowest BCUT2D eigenvalue weighted by Gasteiger charge is -2.47. The van der Waals surface area contributed by atoms with Gasteiger partial charge in [-0.15, -0.1) is 0 Å². The summed E-state index contributed by atoms with van der Waals surface area (Å²) in [6.07, 6.45) is 0.383. The minimum Gasteiger partial charge on any atom is -0.377 e. The van der Waals surface area contributed by atoms with Crippen molar-refractivity contribution < 1.29 is 14.2 Å². The molecular weight excluding hydrogens is 242 g/mol. The number of rotatable bonds is 7. The van der Waals surface area contributed by atoms with Gasteiger partial charge in [0.05, 0.1) is 38.1 Å². The monoisotopic (exact) mass is 273 g/mol. The summed E-state index contributed by atoms with van der Waals surface area (Å²) in [4.78, 5) is 2.43. The fraction of sp³-hybridized carbons (Fsp3) is 1.00. The smallest absolute Gasteiger partial charge is 0.0830 e. The Morgan fingerprint density at radius 3 is 2.00 bits per heavy atom. The van der Waals surface area contributed by atoms with Crippen LogP contribution in [0.2, 0.25) is 0 Å². The first-order valence-corrected chi connectivity index (χ1v) is 7.27. The third-order valence-electron chi connectivity index (χ3n) is 3.14. The van der Waals surface area contributed by atoms with Gasteiger partial charge in [0.2, 0.25) is 0 Å². The second kappa shape index (κ2) is 7.02. The summed E-state index contributed by atoms with van der Waals surface area (Å²) in [6, 6.07) is 0. The standard InChI is InChI=1S/C15H31NO3/c1-14(2,3)16-11-13(12-16)18-9-7-17-8-10-19-15(4,5)6/h13H,7-12H2,1-6H3. The second-order valence-corrected chi connectivity index (χ2v) is 7.14. The Morgan fingerprint density at radius 2 is 1.47 bits per heavy atom. The number of nitrogens with zero attached hydrogens (tertiary/aromatic N) is 1. The molecule has 1 fully saturated rings. The van der Waals surface area contributed by atoms with E-state index < -0.39 is 0 Å². The van der Waals surface area contributed by atoms with E-state index in [4.69, 9.17) is 14.2 Å². The van der Waals surface area contributed by atoms with Crippen molar-refractivity contribution in [1.29, 1.82) is 0 Å². The molecule has 0 aliphatic carbocycles. The average Bonchev–Trinajstić information content (AvgIpc) is 2.15. The lowest BCUT2D eigenvalue weighted by atomic mass is 9.99. The summed E-state index contributed by atoms with van der Waals surface area (Å²) >= 11 is 0.